The largest absolute Gasteiger partial charge is 0.313 e. The molecule has 9 heavy (non-hydrogen) atoms. The van der Waals surface area contributed by atoms with E-state index in [4.69, 9.17) is 11.0 Å². The number of hydrogen-bond donors (Lipinski definition) is 1. The maximum absolute atomic E-state index is 11.8. The molecule has 2 nitrogen and oxygen atoms in total. The number of nitriles is 1. The van der Waals surface area contributed by atoms with Gasteiger partial charge in [0.05, 0.1) is 12.7 Å². The first-order chi connectivity index (χ1) is 4.20. The standard InChI is InChI=1S/C6H9FN2/c7-3-5-1-6(9,2-5)4-8/h5H,1-3,9H2. The number of nitrogens with zero attached hydrogens (tertiary/aromatic N) is 1. The summed E-state index contributed by atoms with van der Waals surface area (Å²) in [7, 11) is 0. The van der Waals surface area contributed by atoms with Crippen LogP contribution in [0.1, 0.15) is 12.8 Å². The molecule has 0 aromatic heterocycles. The van der Waals surface area contributed by atoms with Crippen molar-refractivity contribution in [1.29, 1.82) is 5.26 Å². The molecule has 50 valence electrons. The van der Waals surface area contributed by atoms with Gasteiger partial charge in [0.25, 0.3) is 0 Å². The van der Waals surface area contributed by atoms with Crippen molar-refractivity contribution in [3.8, 4) is 6.07 Å². The highest BCUT2D eigenvalue weighted by Crippen LogP contribution is 2.35. The van der Waals surface area contributed by atoms with Gasteiger partial charge in [0.15, 0.2) is 0 Å². The Morgan fingerprint density at radius 3 is 2.67 bits per heavy atom. The van der Waals surface area contributed by atoms with Crippen LogP contribution in [0.5, 0.6) is 0 Å². The van der Waals surface area contributed by atoms with E-state index >= 15 is 0 Å². The predicted molar refractivity (Wildman–Crippen MR) is 31.2 cm³/mol. The second-order valence-corrected chi connectivity index (χ2v) is 2.70. The summed E-state index contributed by atoms with van der Waals surface area (Å²) in [4.78, 5) is 0. The van der Waals surface area contributed by atoms with Gasteiger partial charge in [0.1, 0.15) is 5.54 Å². The second-order valence-electron chi connectivity index (χ2n) is 2.70. The van der Waals surface area contributed by atoms with Gasteiger partial charge in [0, 0.05) is 0 Å². The van der Waals surface area contributed by atoms with Gasteiger partial charge in [-0.05, 0) is 18.8 Å². The van der Waals surface area contributed by atoms with Crippen molar-refractivity contribution in [1.82, 2.24) is 0 Å². The van der Waals surface area contributed by atoms with E-state index in [1.165, 1.54) is 0 Å². The zero-order chi connectivity index (χ0) is 6.91. The van der Waals surface area contributed by atoms with Crippen molar-refractivity contribution in [3.63, 3.8) is 0 Å². The lowest BCUT2D eigenvalue weighted by Crippen LogP contribution is -2.51. The fourth-order valence-electron chi connectivity index (χ4n) is 1.17. The van der Waals surface area contributed by atoms with Crippen molar-refractivity contribution < 1.29 is 4.39 Å². The van der Waals surface area contributed by atoms with Crippen molar-refractivity contribution >= 4 is 0 Å². The minimum Gasteiger partial charge on any atom is -0.313 e. The summed E-state index contributed by atoms with van der Waals surface area (Å²) in [6.07, 6.45) is 1.06. The number of rotatable bonds is 1. The van der Waals surface area contributed by atoms with Crippen LogP contribution in [0.2, 0.25) is 0 Å². The van der Waals surface area contributed by atoms with Crippen molar-refractivity contribution in [2.75, 3.05) is 6.67 Å². The molecule has 0 heterocycles. The highest BCUT2D eigenvalue weighted by molar-refractivity contribution is 5.13. The molecule has 3 heteroatoms. The average Bonchev–Trinajstić information content (AvgIpc) is 1.81. The monoisotopic (exact) mass is 128 g/mol. The van der Waals surface area contributed by atoms with Gasteiger partial charge < -0.3 is 5.73 Å². The molecular weight excluding hydrogens is 119 g/mol. The molecule has 0 spiro atoms. The minimum absolute atomic E-state index is 0.0506. The van der Waals surface area contributed by atoms with Crippen LogP contribution in [0.15, 0.2) is 0 Å². The van der Waals surface area contributed by atoms with Crippen LogP contribution in [0.25, 0.3) is 0 Å². The molecule has 1 aliphatic rings. The van der Waals surface area contributed by atoms with Gasteiger partial charge >= 0.3 is 0 Å². The average molecular weight is 128 g/mol. The molecule has 0 radical (unpaired) electrons. The molecule has 0 bridgehead atoms. The summed E-state index contributed by atoms with van der Waals surface area (Å²) in [5.74, 6) is 0.0506. The Morgan fingerprint density at radius 2 is 2.33 bits per heavy atom. The van der Waals surface area contributed by atoms with Crippen LogP contribution < -0.4 is 5.73 Å². The Kier molecular flexibility index (Phi) is 1.42. The summed E-state index contributed by atoms with van der Waals surface area (Å²) < 4.78 is 11.8. The number of hydrogen-bond acceptors (Lipinski definition) is 2. The van der Waals surface area contributed by atoms with E-state index in [0.717, 1.165) is 0 Å². The summed E-state index contributed by atoms with van der Waals surface area (Å²) in [6.45, 7) is -0.333. The highest BCUT2D eigenvalue weighted by Gasteiger charge is 2.40. The Balaban J connectivity index is 2.35. The van der Waals surface area contributed by atoms with E-state index < -0.39 is 5.54 Å². The summed E-state index contributed by atoms with van der Waals surface area (Å²) in [5.41, 5.74) is 4.74. The smallest absolute Gasteiger partial charge is 0.105 e. The lowest BCUT2D eigenvalue weighted by Gasteiger charge is -2.37. The highest BCUT2D eigenvalue weighted by atomic mass is 19.1. The quantitative estimate of drug-likeness (QED) is 0.561. The Morgan fingerprint density at radius 1 is 1.78 bits per heavy atom. The third kappa shape index (κ3) is 1.03. The number of halogens is 1. The Hall–Kier alpha value is -0.620. The zero-order valence-corrected chi connectivity index (χ0v) is 5.10. The first-order valence-electron chi connectivity index (χ1n) is 2.96. The topological polar surface area (TPSA) is 49.8 Å². The second kappa shape index (κ2) is 1.96. The van der Waals surface area contributed by atoms with E-state index in [9.17, 15) is 4.39 Å². The molecule has 0 aromatic rings. The summed E-state index contributed by atoms with van der Waals surface area (Å²) in [6, 6.07) is 1.95. The van der Waals surface area contributed by atoms with Crippen LogP contribution in [-0.2, 0) is 0 Å². The molecule has 0 unspecified atom stereocenters. The fourth-order valence-corrected chi connectivity index (χ4v) is 1.17. The van der Waals surface area contributed by atoms with Crippen LogP contribution in [0, 0.1) is 17.2 Å². The van der Waals surface area contributed by atoms with Crippen molar-refractivity contribution in [3.05, 3.63) is 0 Å². The molecule has 0 aromatic carbocycles. The SMILES string of the molecule is N#CC1(N)CC(CF)C1. The molecule has 1 fully saturated rings. The van der Waals surface area contributed by atoms with Crippen molar-refractivity contribution in [2.45, 2.75) is 18.4 Å². The predicted octanol–water partition coefficient (Wildman–Crippen LogP) is 0.587. The molecule has 0 amide bonds. The Labute approximate surface area is 53.5 Å². The molecule has 0 saturated heterocycles. The molecule has 1 rings (SSSR count). The van der Waals surface area contributed by atoms with E-state index in [2.05, 4.69) is 0 Å². The lowest BCUT2D eigenvalue weighted by atomic mass is 9.70. The van der Waals surface area contributed by atoms with Crippen molar-refractivity contribution in [2.24, 2.45) is 11.7 Å². The maximum Gasteiger partial charge on any atom is 0.105 e. The minimum atomic E-state index is -0.698. The normalized spacial score (nSPS) is 41.2. The van der Waals surface area contributed by atoms with E-state index in [0.29, 0.717) is 12.8 Å². The van der Waals surface area contributed by atoms with Gasteiger partial charge in [-0.1, -0.05) is 0 Å². The summed E-state index contributed by atoms with van der Waals surface area (Å²) in [5, 5.41) is 8.36. The number of alkyl halides is 1. The fraction of sp³-hybridized carbons (Fsp3) is 0.833. The maximum atomic E-state index is 11.8. The van der Waals surface area contributed by atoms with E-state index in [1.807, 2.05) is 6.07 Å². The molecule has 2 N–H and O–H groups in total. The first-order valence-corrected chi connectivity index (χ1v) is 2.96. The molecule has 0 aliphatic heterocycles. The van der Waals surface area contributed by atoms with Gasteiger partial charge in [-0.3, -0.25) is 4.39 Å². The summed E-state index contributed by atoms with van der Waals surface area (Å²) >= 11 is 0. The molecule has 1 aliphatic carbocycles. The third-order valence-electron chi connectivity index (χ3n) is 1.75. The van der Waals surface area contributed by atoms with E-state index in [-0.39, 0.29) is 12.6 Å². The van der Waals surface area contributed by atoms with Gasteiger partial charge in [0.2, 0.25) is 0 Å². The zero-order valence-electron chi connectivity index (χ0n) is 5.10. The van der Waals surface area contributed by atoms with Crippen LogP contribution in [-0.4, -0.2) is 12.2 Å². The van der Waals surface area contributed by atoms with E-state index in [1.54, 1.807) is 0 Å². The third-order valence-corrected chi connectivity index (χ3v) is 1.75. The molecule has 1 saturated carbocycles. The Bertz CT molecular complexity index is 144. The van der Waals surface area contributed by atoms with Gasteiger partial charge in [-0.15, -0.1) is 0 Å². The van der Waals surface area contributed by atoms with Crippen LogP contribution in [0.3, 0.4) is 0 Å². The van der Waals surface area contributed by atoms with Gasteiger partial charge in [-0.25, -0.2) is 0 Å². The number of nitrogens with two attached hydrogens (primary N) is 1. The molecular formula is C6H9FN2. The van der Waals surface area contributed by atoms with Gasteiger partial charge in [-0.2, -0.15) is 5.26 Å². The van der Waals surface area contributed by atoms with Crippen LogP contribution >= 0.6 is 0 Å². The molecule has 0 atom stereocenters. The first kappa shape index (κ1) is 6.50. The van der Waals surface area contributed by atoms with Crippen LogP contribution in [0.4, 0.5) is 4.39 Å². The lowest BCUT2D eigenvalue weighted by molar-refractivity contribution is 0.163.